The van der Waals surface area contributed by atoms with Gasteiger partial charge in [-0.3, -0.25) is 4.79 Å². The van der Waals surface area contributed by atoms with Gasteiger partial charge in [-0.1, -0.05) is 32.4 Å². The van der Waals surface area contributed by atoms with Gasteiger partial charge in [-0.2, -0.15) is 0 Å². The molecule has 1 heterocycles. The molecule has 2 aliphatic carbocycles. The molecule has 2 saturated carbocycles. The minimum absolute atomic E-state index is 0.0382. The Balaban J connectivity index is 1.76. The summed E-state index contributed by atoms with van der Waals surface area (Å²) in [6, 6.07) is 3.65. The fourth-order valence-corrected chi connectivity index (χ4v) is 4.29. The van der Waals surface area contributed by atoms with Crippen molar-refractivity contribution in [2.45, 2.75) is 46.1 Å². The molecular formula is C16H21ClN2O. The minimum atomic E-state index is -0.0382. The molecule has 4 heteroatoms. The number of carbonyl (C=O) groups is 1. The van der Waals surface area contributed by atoms with Crippen LogP contribution in [-0.2, 0) is 0 Å². The van der Waals surface area contributed by atoms with Gasteiger partial charge in [0.05, 0.1) is 5.56 Å². The Morgan fingerprint density at radius 2 is 2.15 bits per heavy atom. The molecule has 1 aromatic rings. The largest absolute Gasteiger partial charge is 0.349 e. The van der Waals surface area contributed by atoms with Gasteiger partial charge in [0, 0.05) is 12.2 Å². The molecule has 2 bridgehead atoms. The molecule has 0 radical (unpaired) electrons. The molecule has 20 heavy (non-hydrogen) atoms. The molecule has 3 atom stereocenters. The third-order valence-electron chi connectivity index (χ3n) is 6.09. The van der Waals surface area contributed by atoms with Crippen LogP contribution in [0.4, 0.5) is 0 Å². The topological polar surface area (TPSA) is 42.0 Å². The number of pyridine rings is 1. The third kappa shape index (κ3) is 1.86. The van der Waals surface area contributed by atoms with Gasteiger partial charge in [0.15, 0.2) is 0 Å². The van der Waals surface area contributed by atoms with E-state index in [-0.39, 0.29) is 17.4 Å². The van der Waals surface area contributed by atoms with Crippen molar-refractivity contribution in [2.75, 3.05) is 0 Å². The number of hydrogen-bond acceptors (Lipinski definition) is 2. The molecule has 3 rings (SSSR count). The van der Waals surface area contributed by atoms with Gasteiger partial charge in [-0.25, -0.2) is 4.98 Å². The Bertz CT molecular complexity index is 540. The molecule has 1 aromatic heterocycles. The van der Waals surface area contributed by atoms with E-state index < -0.39 is 0 Å². The zero-order chi connectivity index (χ0) is 14.5. The second kappa shape index (κ2) is 4.45. The first-order valence-corrected chi connectivity index (χ1v) is 7.65. The van der Waals surface area contributed by atoms with Crippen LogP contribution < -0.4 is 5.32 Å². The lowest BCUT2D eigenvalue weighted by molar-refractivity contribution is 0.0826. The number of halogens is 1. The van der Waals surface area contributed by atoms with Crippen molar-refractivity contribution in [3.8, 4) is 0 Å². The number of rotatable bonds is 2. The van der Waals surface area contributed by atoms with Crippen molar-refractivity contribution < 1.29 is 4.79 Å². The highest BCUT2D eigenvalue weighted by Crippen LogP contribution is 2.65. The van der Waals surface area contributed by atoms with Crippen LogP contribution in [0.5, 0.6) is 0 Å². The van der Waals surface area contributed by atoms with E-state index in [9.17, 15) is 4.79 Å². The lowest BCUT2D eigenvalue weighted by atomic mass is 9.69. The third-order valence-corrected chi connectivity index (χ3v) is 6.31. The Morgan fingerprint density at radius 1 is 1.40 bits per heavy atom. The van der Waals surface area contributed by atoms with Gasteiger partial charge in [-0.05, 0) is 48.1 Å². The van der Waals surface area contributed by atoms with Crippen LogP contribution in [0.3, 0.4) is 0 Å². The number of amides is 1. The predicted molar refractivity (Wildman–Crippen MR) is 79.7 cm³/mol. The maximum Gasteiger partial charge on any atom is 0.253 e. The van der Waals surface area contributed by atoms with E-state index in [1.807, 2.05) is 0 Å². The van der Waals surface area contributed by atoms with Gasteiger partial charge in [0.1, 0.15) is 5.15 Å². The summed E-state index contributed by atoms with van der Waals surface area (Å²) < 4.78 is 0. The van der Waals surface area contributed by atoms with Crippen LogP contribution in [0.2, 0.25) is 5.15 Å². The first-order valence-electron chi connectivity index (χ1n) is 7.27. The molecule has 1 amide bonds. The Hall–Kier alpha value is -1.09. The lowest BCUT2D eigenvalue weighted by Gasteiger charge is -2.39. The number of carbonyl (C=O) groups excluding carboxylic acids is 1. The highest BCUT2D eigenvalue weighted by atomic mass is 35.5. The molecule has 3 unspecified atom stereocenters. The zero-order valence-electron chi connectivity index (χ0n) is 12.2. The molecule has 108 valence electrons. The van der Waals surface area contributed by atoms with Crippen molar-refractivity contribution in [3.05, 3.63) is 29.0 Å². The standard InChI is InChI=1S/C16H21ClN2O/c1-15(2)11-6-7-16(15,3)12(8-11)19-14(20)10-4-5-13(17)18-9-10/h4-5,9,11-12H,6-8H2,1-3H3,(H,19,20). The second-order valence-electron chi connectivity index (χ2n) is 7.01. The van der Waals surface area contributed by atoms with Crippen LogP contribution in [-0.4, -0.2) is 16.9 Å². The average Bonchev–Trinajstić information content (AvgIpc) is 2.72. The van der Waals surface area contributed by atoms with Gasteiger partial charge in [0.2, 0.25) is 0 Å². The van der Waals surface area contributed by atoms with Crippen molar-refractivity contribution in [1.29, 1.82) is 0 Å². The van der Waals surface area contributed by atoms with E-state index >= 15 is 0 Å². The normalized spacial score (nSPS) is 34.2. The minimum Gasteiger partial charge on any atom is -0.349 e. The molecule has 0 spiro atoms. The average molecular weight is 293 g/mol. The quantitative estimate of drug-likeness (QED) is 0.845. The van der Waals surface area contributed by atoms with E-state index in [1.165, 1.54) is 12.8 Å². The number of hydrogen-bond donors (Lipinski definition) is 1. The SMILES string of the molecule is CC1(C)C2CCC1(C)C(NC(=O)c1ccc(Cl)nc1)C2. The van der Waals surface area contributed by atoms with Crippen molar-refractivity contribution in [2.24, 2.45) is 16.7 Å². The summed E-state index contributed by atoms with van der Waals surface area (Å²) in [6.45, 7) is 7.02. The van der Waals surface area contributed by atoms with Crippen LogP contribution in [0.15, 0.2) is 18.3 Å². The molecule has 0 aromatic carbocycles. The number of fused-ring (bicyclic) bond motifs is 2. The van der Waals surface area contributed by atoms with E-state index in [1.54, 1.807) is 18.3 Å². The first-order chi connectivity index (χ1) is 9.34. The zero-order valence-corrected chi connectivity index (χ0v) is 13.0. The molecule has 1 N–H and O–H groups in total. The monoisotopic (exact) mass is 292 g/mol. The maximum atomic E-state index is 12.3. The Morgan fingerprint density at radius 3 is 2.65 bits per heavy atom. The van der Waals surface area contributed by atoms with Crippen LogP contribution in [0, 0.1) is 16.7 Å². The highest BCUT2D eigenvalue weighted by Gasteiger charge is 2.61. The highest BCUT2D eigenvalue weighted by molar-refractivity contribution is 6.29. The van der Waals surface area contributed by atoms with E-state index in [4.69, 9.17) is 11.6 Å². The van der Waals surface area contributed by atoms with Crippen LogP contribution >= 0.6 is 11.6 Å². The lowest BCUT2D eigenvalue weighted by Crippen LogP contribution is -2.46. The van der Waals surface area contributed by atoms with E-state index in [0.29, 0.717) is 16.1 Å². The van der Waals surface area contributed by atoms with Crippen LogP contribution in [0.1, 0.15) is 50.4 Å². The Kier molecular flexibility index (Phi) is 3.09. The molecule has 3 nitrogen and oxygen atoms in total. The van der Waals surface area contributed by atoms with Crippen molar-refractivity contribution >= 4 is 17.5 Å². The van der Waals surface area contributed by atoms with Gasteiger partial charge >= 0.3 is 0 Å². The Labute approximate surface area is 125 Å². The summed E-state index contributed by atoms with van der Waals surface area (Å²) in [5, 5.41) is 3.63. The van der Waals surface area contributed by atoms with Crippen LogP contribution in [0.25, 0.3) is 0 Å². The maximum absolute atomic E-state index is 12.3. The predicted octanol–water partition coefficient (Wildman–Crippen LogP) is 3.68. The number of nitrogens with one attached hydrogen (secondary N) is 1. The van der Waals surface area contributed by atoms with E-state index in [0.717, 1.165) is 12.3 Å². The smallest absolute Gasteiger partial charge is 0.253 e. The molecule has 0 aliphatic heterocycles. The fraction of sp³-hybridized carbons (Fsp3) is 0.625. The van der Waals surface area contributed by atoms with Gasteiger partial charge < -0.3 is 5.32 Å². The summed E-state index contributed by atoms with van der Waals surface area (Å²) in [6.07, 6.45) is 5.13. The fourth-order valence-electron chi connectivity index (χ4n) is 4.17. The summed E-state index contributed by atoms with van der Waals surface area (Å²) >= 11 is 5.75. The number of aromatic nitrogens is 1. The summed E-state index contributed by atoms with van der Waals surface area (Å²) in [7, 11) is 0. The van der Waals surface area contributed by atoms with Crippen molar-refractivity contribution in [3.63, 3.8) is 0 Å². The van der Waals surface area contributed by atoms with Gasteiger partial charge in [0.25, 0.3) is 5.91 Å². The summed E-state index contributed by atoms with van der Waals surface area (Å²) in [5.41, 5.74) is 1.09. The molecule has 2 fully saturated rings. The van der Waals surface area contributed by atoms with E-state index in [2.05, 4.69) is 31.1 Å². The summed E-state index contributed by atoms with van der Waals surface area (Å²) in [5.74, 6) is 0.685. The molecule has 2 aliphatic rings. The van der Waals surface area contributed by atoms with Gasteiger partial charge in [-0.15, -0.1) is 0 Å². The molecule has 0 saturated heterocycles. The molecular weight excluding hydrogens is 272 g/mol. The first kappa shape index (κ1) is 13.9. The summed E-state index contributed by atoms with van der Waals surface area (Å²) in [4.78, 5) is 16.3. The van der Waals surface area contributed by atoms with Crippen molar-refractivity contribution in [1.82, 2.24) is 10.3 Å². The second-order valence-corrected chi connectivity index (χ2v) is 7.39. The number of nitrogens with zero attached hydrogens (tertiary/aromatic N) is 1.